The Morgan fingerprint density at radius 2 is 1.88 bits per heavy atom. The third-order valence-electron chi connectivity index (χ3n) is 2.40. The van der Waals surface area contributed by atoms with Crippen molar-refractivity contribution < 1.29 is 0 Å². The van der Waals surface area contributed by atoms with Gasteiger partial charge in [0.05, 0.1) is 10.7 Å². The van der Waals surface area contributed by atoms with Crippen molar-refractivity contribution in [3.63, 3.8) is 0 Å². The van der Waals surface area contributed by atoms with Crippen molar-refractivity contribution in [1.82, 2.24) is 0 Å². The number of nitrogens with one attached hydrogen (secondary N) is 1. The molecular formula is C13H15NS3. The van der Waals surface area contributed by atoms with E-state index >= 15 is 0 Å². The second-order valence-electron chi connectivity index (χ2n) is 3.49. The van der Waals surface area contributed by atoms with Gasteiger partial charge >= 0.3 is 0 Å². The standard InChI is InChI=1S/C13H15NS3/c1-4-5-6-13-14-9-7-11(15-2)12(16-3)8-10(9)17-13/h4-8,14H,1-3H3/b5-4+,13-6-. The van der Waals surface area contributed by atoms with E-state index in [4.69, 9.17) is 0 Å². The second kappa shape index (κ2) is 5.94. The first-order valence-electron chi connectivity index (χ1n) is 5.32. The van der Waals surface area contributed by atoms with Gasteiger partial charge in [-0.2, -0.15) is 0 Å². The molecule has 1 nitrogen and oxygen atoms in total. The zero-order chi connectivity index (χ0) is 12.3. The van der Waals surface area contributed by atoms with Gasteiger partial charge in [-0.15, -0.1) is 23.5 Å². The summed E-state index contributed by atoms with van der Waals surface area (Å²) in [6.07, 6.45) is 10.5. The zero-order valence-electron chi connectivity index (χ0n) is 10.1. The van der Waals surface area contributed by atoms with Crippen LogP contribution in [-0.4, -0.2) is 12.5 Å². The average molecular weight is 281 g/mol. The summed E-state index contributed by atoms with van der Waals surface area (Å²) in [6, 6.07) is 4.52. The second-order valence-corrected chi connectivity index (χ2v) is 6.27. The van der Waals surface area contributed by atoms with E-state index in [1.165, 1.54) is 25.4 Å². The summed E-state index contributed by atoms with van der Waals surface area (Å²) in [6.45, 7) is 2.03. The van der Waals surface area contributed by atoms with E-state index in [1.807, 2.05) is 24.8 Å². The number of thioether (sulfide) groups is 3. The third-order valence-corrected chi connectivity index (χ3v) is 5.10. The summed E-state index contributed by atoms with van der Waals surface area (Å²) in [5.41, 5.74) is 1.23. The lowest BCUT2D eigenvalue weighted by Crippen LogP contribution is -1.88. The van der Waals surface area contributed by atoms with Crippen LogP contribution in [0.3, 0.4) is 0 Å². The molecule has 1 N–H and O–H groups in total. The molecule has 90 valence electrons. The maximum absolute atomic E-state index is 3.45. The SMILES string of the molecule is C/C=C/C=C1/Nc2cc(SC)c(SC)cc2S1. The van der Waals surface area contributed by atoms with E-state index < -0.39 is 0 Å². The summed E-state index contributed by atoms with van der Waals surface area (Å²) >= 11 is 5.41. The van der Waals surface area contributed by atoms with E-state index in [9.17, 15) is 0 Å². The van der Waals surface area contributed by atoms with E-state index in [0.29, 0.717) is 0 Å². The molecule has 0 bridgehead atoms. The Morgan fingerprint density at radius 3 is 2.53 bits per heavy atom. The fourth-order valence-electron chi connectivity index (χ4n) is 1.58. The molecule has 0 spiro atoms. The smallest absolute Gasteiger partial charge is 0.0774 e. The van der Waals surface area contributed by atoms with Gasteiger partial charge < -0.3 is 5.32 Å². The maximum Gasteiger partial charge on any atom is 0.0774 e. The van der Waals surface area contributed by atoms with Crippen molar-refractivity contribution in [2.24, 2.45) is 0 Å². The number of fused-ring (bicyclic) bond motifs is 1. The minimum absolute atomic E-state index is 1.20. The van der Waals surface area contributed by atoms with Gasteiger partial charge in [0.1, 0.15) is 0 Å². The van der Waals surface area contributed by atoms with E-state index in [1.54, 1.807) is 23.5 Å². The Kier molecular flexibility index (Phi) is 4.54. The van der Waals surface area contributed by atoms with Crippen molar-refractivity contribution in [1.29, 1.82) is 0 Å². The summed E-state index contributed by atoms with van der Waals surface area (Å²) in [4.78, 5) is 4.03. The van der Waals surface area contributed by atoms with Crippen LogP contribution in [0.15, 0.2) is 50.1 Å². The normalized spacial score (nSPS) is 16.5. The molecule has 0 amide bonds. The molecule has 0 atom stereocenters. The Balaban J connectivity index is 2.32. The number of allylic oxidation sites excluding steroid dienone is 3. The number of benzene rings is 1. The molecule has 1 aromatic carbocycles. The highest BCUT2D eigenvalue weighted by Gasteiger charge is 2.17. The van der Waals surface area contributed by atoms with Gasteiger partial charge in [-0.25, -0.2) is 0 Å². The Morgan fingerprint density at radius 1 is 1.18 bits per heavy atom. The van der Waals surface area contributed by atoms with Crippen LogP contribution in [-0.2, 0) is 0 Å². The molecule has 1 aliphatic heterocycles. The molecule has 0 saturated carbocycles. The topological polar surface area (TPSA) is 12.0 Å². The molecule has 1 heterocycles. The van der Waals surface area contributed by atoms with Crippen molar-refractivity contribution in [2.75, 3.05) is 17.8 Å². The molecule has 2 rings (SSSR count). The van der Waals surface area contributed by atoms with Gasteiger partial charge in [0, 0.05) is 14.7 Å². The molecule has 17 heavy (non-hydrogen) atoms. The largest absolute Gasteiger partial charge is 0.349 e. The molecule has 0 aliphatic carbocycles. The predicted octanol–water partition coefficient (Wildman–Crippen LogP) is 5.07. The lowest BCUT2D eigenvalue weighted by Gasteiger charge is -2.07. The van der Waals surface area contributed by atoms with Crippen LogP contribution in [0.1, 0.15) is 6.92 Å². The number of hydrogen-bond acceptors (Lipinski definition) is 4. The molecule has 0 fully saturated rings. The Bertz CT molecular complexity index is 443. The van der Waals surface area contributed by atoms with Crippen LogP contribution in [0, 0.1) is 0 Å². The first kappa shape index (κ1) is 13.0. The zero-order valence-corrected chi connectivity index (χ0v) is 12.6. The highest BCUT2D eigenvalue weighted by atomic mass is 32.2. The number of hydrogen-bond donors (Lipinski definition) is 1. The van der Waals surface area contributed by atoms with Gasteiger partial charge in [-0.3, -0.25) is 0 Å². The lowest BCUT2D eigenvalue weighted by atomic mass is 10.3. The van der Waals surface area contributed by atoms with Crippen molar-refractivity contribution in [3.8, 4) is 0 Å². The van der Waals surface area contributed by atoms with Crippen molar-refractivity contribution in [3.05, 3.63) is 35.4 Å². The molecule has 1 aliphatic rings. The molecular weight excluding hydrogens is 266 g/mol. The molecule has 0 saturated heterocycles. The quantitative estimate of drug-likeness (QED) is 0.776. The number of rotatable bonds is 3. The monoisotopic (exact) mass is 281 g/mol. The Labute approximate surface area is 116 Å². The van der Waals surface area contributed by atoms with Crippen LogP contribution in [0.4, 0.5) is 5.69 Å². The highest BCUT2D eigenvalue weighted by molar-refractivity contribution is 8.04. The van der Waals surface area contributed by atoms with Crippen LogP contribution in [0.25, 0.3) is 0 Å². The van der Waals surface area contributed by atoms with E-state index in [0.717, 1.165) is 0 Å². The third kappa shape index (κ3) is 2.87. The number of anilines is 1. The summed E-state index contributed by atoms with van der Waals surface area (Å²) < 4.78 is 0. The predicted molar refractivity (Wildman–Crippen MR) is 82.4 cm³/mol. The molecule has 0 aromatic heterocycles. The molecule has 0 unspecified atom stereocenters. The van der Waals surface area contributed by atoms with Crippen molar-refractivity contribution >= 4 is 41.0 Å². The summed E-state index contributed by atoms with van der Waals surface area (Å²) in [5, 5.41) is 4.64. The first-order chi connectivity index (χ1) is 8.28. The van der Waals surface area contributed by atoms with Crippen LogP contribution < -0.4 is 5.32 Å². The van der Waals surface area contributed by atoms with Gasteiger partial charge in [-0.05, 0) is 37.6 Å². The fourth-order valence-corrected chi connectivity index (χ4v) is 4.09. The maximum atomic E-state index is 3.45. The van der Waals surface area contributed by atoms with Gasteiger partial charge in [-0.1, -0.05) is 23.9 Å². The molecule has 4 heteroatoms. The van der Waals surface area contributed by atoms with Gasteiger partial charge in [0.15, 0.2) is 0 Å². The van der Waals surface area contributed by atoms with E-state index in [-0.39, 0.29) is 0 Å². The summed E-state index contributed by atoms with van der Waals surface area (Å²) in [7, 11) is 0. The minimum Gasteiger partial charge on any atom is -0.349 e. The van der Waals surface area contributed by atoms with Crippen LogP contribution in [0.5, 0.6) is 0 Å². The molecule has 1 aromatic rings. The van der Waals surface area contributed by atoms with Crippen LogP contribution in [0.2, 0.25) is 0 Å². The van der Waals surface area contributed by atoms with Gasteiger partial charge in [0.2, 0.25) is 0 Å². The Hall–Kier alpha value is -0.450. The summed E-state index contributed by atoms with van der Waals surface area (Å²) in [5.74, 6) is 0. The highest BCUT2D eigenvalue weighted by Crippen LogP contribution is 2.45. The lowest BCUT2D eigenvalue weighted by molar-refractivity contribution is 1.20. The van der Waals surface area contributed by atoms with Crippen LogP contribution >= 0.6 is 35.3 Å². The van der Waals surface area contributed by atoms with E-state index in [2.05, 4.69) is 42.1 Å². The minimum atomic E-state index is 1.20. The average Bonchev–Trinajstić information content (AvgIpc) is 2.76. The molecule has 0 radical (unpaired) electrons. The van der Waals surface area contributed by atoms with Crippen molar-refractivity contribution in [2.45, 2.75) is 21.6 Å². The van der Waals surface area contributed by atoms with Gasteiger partial charge in [0.25, 0.3) is 0 Å². The first-order valence-corrected chi connectivity index (χ1v) is 8.59. The fraction of sp³-hybridized carbons (Fsp3) is 0.231.